The predicted octanol–water partition coefficient (Wildman–Crippen LogP) is -0.0787. The minimum atomic E-state index is -1.13. The molecule has 0 aromatic rings. The van der Waals surface area contributed by atoms with Gasteiger partial charge >= 0.3 is 12.0 Å². The van der Waals surface area contributed by atoms with Gasteiger partial charge in [0.2, 0.25) is 0 Å². The lowest BCUT2D eigenvalue weighted by molar-refractivity contribution is -0.139. The van der Waals surface area contributed by atoms with Crippen molar-refractivity contribution in [1.82, 2.24) is 10.6 Å². The van der Waals surface area contributed by atoms with Gasteiger partial charge < -0.3 is 20.8 Å². The highest BCUT2D eigenvalue weighted by atomic mass is 16.4. The first kappa shape index (κ1) is 12.8. The number of carboxylic acids is 1. The number of nitrogens with one attached hydrogen (secondary N) is 2. The van der Waals surface area contributed by atoms with Crippen LogP contribution in [0.4, 0.5) is 4.79 Å². The Hall–Kier alpha value is -1.30. The predicted molar refractivity (Wildman–Crippen MR) is 57.0 cm³/mol. The summed E-state index contributed by atoms with van der Waals surface area (Å²) in [6.07, 6.45) is 3.42. The number of amides is 2. The van der Waals surface area contributed by atoms with Crippen LogP contribution in [0, 0.1) is 5.92 Å². The Morgan fingerprint density at radius 1 is 1.38 bits per heavy atom. The van der Waals surface area contributed by atoms with Gasteiger partial charge in [0.1, 0.15) is 6.04 Å². The molecule has 2 amide bonds. The van der Waals surface area contributed by atoms with Crippen molar-refractivity contribution in [2.75, 3.05) is 13.2 Å². The van der Waals surface area contributed by atoms with E-state index in [0.29, 0.717) is 6.54 Å². The Kier molecular flexibility index (Phi) is 5.04. The Balaban J connectivity index is 2.15. The lowest BCUT2D eigenvalue weighted by atomic mass is 10.2. The summed E-state index contributed by atoms with van der Waals surface area (Å²) in [6.45, 7) is 0.307. The maximum Gasteiger partial charge on any atom is 0.326 e. The van der Waals surface area contributed by atoms with E-state index in [4.69, 9.17) is 10.2 Å². The van der Waals surface area contributed by atoms with E-state index in [-0.39, 0.29) is 13.0 Å². The van der Waals surface area contributed by atoms with Gasteiger partial charge in [-0.15, -0.1) is 0 Å². The standard InChI is InChI=1S/C10H18N2O4/c13-6-4-8(9(14)15)12-10(16)11-5-3-7-1-2-7/h7-8,13H,1-6H2,(H,14,15)(H2,11,12,16)/t8-/m1/s1. The van der Waals surface area contributed by atoms with Crippen LogP contribution in [0.25, 0.3) is 0 Å². The molecule has 0 spiro atoms. The molecule has 0 bridgehead atoms. The van der Waals surface area contributed by atoms with Crippen molar-refractivity contribution in [3.63, 3.8) is 0 Å². The molecule has 4 N–H and O–H groups in total. The minimum Gasteiger partial charge on any atom is -0.480 e. The molecule has 1 aliphatic carbocycles. The van der Waals surface area contributed by atoms with E-state index in [2.05, 4.69) is 10.6 Å². The highest BCUT2D eigenvalue weighted by Crippen LogP contribution is 2.31. The molecule has 0 radical (unpaired) electrons. The largest absolute Gasteiger partial charge is 0.480 e. The van der Waals surface area contributed by atoms with Crippen LogP contribution < -0.4 is 10.6 Å². The SMILES string of the molecule is O=C(NCCC1CC1)N[C@H](CCO)C(=O)O. The van der Waals surface area contributed by atoms with Crippen LogP contribution in [-0.4, -0.2) is 41.4 Å². The number of hydrogen-bond donors (Lipinski definition) is 4. The number of carboxylic acid groups (broad SMARTS) is 1. The number of hydrogen-bond acceptors (Lipinski definition) is 3. The Morgan fingerprint density at radius 3 is 2.56 bits per heavy atom. The number of urea groups is 1. The summed E-state index contributed by atoms with van der Waals surface area (Å²) in [5.74, 6) is -0.403. The van der Waals surface area contributed by atoms with Crippen molar-refractivity contribution >= 4 is 12.0 Å². The number of aliphatic carboxylic acids is 1. The summed E-state index contributed by atoms with van der Waals surface area (Å²) in [5, 5.41) is 22.2. The Bertz CT molecular complexity index is 253. The number of carbonyl (C=O) groups is 2. The highest BCUT2D eigenvalue weighted by molar-refractivity contribution is 5.82. The average Bonchev–Trinajstić information content (AvgIpc) is 3.01. The Labute approximate surface area is 94.0 Å². The number of rotatable bonds is 7. The van der Waals surface area contributed by atoms with Crippen LogP contribution in [-0.2, 0) is 4.79 Å². The van der Waals surface area contributed by atoms with Gasteiger partial charge in [0.25, 0.3) is 0 Å². The van der Waals surface area contributed by atoms with Gasteiger partial charge in [-0.05, 0) is 12.3 Å². The molecule has 6 nitrogen and oxygen atoms in total. The van der Waals surface area contributed by atoms with Gasteiger partial charge in [-0.3, -0.25) is 0 Å². The summed E-state index contributed by atoms with van der Waals surface area (Å²) in [5.41, 5.74) is 0. The van der Waals surface area contributed by atoms with Crippen molar-refractivity contribution in [3.05, 3.63) is 0 Å². The average molecular weight is 230 g/mol. The molecule has 16 heavy (non-hydrogen) atoms. The molecule has 0 saturated heterocycles. The molecule has 1 saturated carbocycles. The summed E-state index contributed by atoms with van der Waals surface area (Å²) in [6, 6.07) is -1.51. The van der Waals surface area contributed by atoms with Gasteiger partial charge in [-0.2, -0.15) is 0 Å². The van der Waals surface area contributed by atoms with E-state index < -0.39 is 18.0 Å². The number of aliphatic hydroxyl groups is 1. The van der Waals surface area contributed by atoms with E-state index >= 15 is 0 Å². The van der Waals surface area contributed by atoms with E-state index in [9.17, 15) is 9.59 Å². The second-order valence-corrected chi connectivity index (χ2v) is 4.04. The topological polar surface area (TPSA) is 98.7 Å². The van der Waals surface area contributed by atoms with Crippen LogP contribution in [0.1, 0.15) is 25.7 Å². The van der Waals surface area contributed by atoms with E-state index in [0.717, 1.165) is 12.3 Å². The molecule has 92 valence electrons. The lowest BCUT2D eigenvalue weighted by Gasteiger charge is -2.13. The quantitative estimate of drug-likeness (QED) is 0.491. The molecule has 0 aromatic carbocycles. The van der Waals surface area contributed by atoms with Crippen LogP contribution in [0.3, 0.4) is 0 Å². The van der Waals surface area contributed by atoms with Crippen molar-refractivity contribution in [1.29, 1.82) is 0 Å². The molecule has 1 rings (SSSR count). The molecular weight excluding hydrogens is 212 g/mol. The van der Waals surface area contributed by atoms with Crippen LogP contribution in [0.2, 0.25) is 0 Å². The minimum absolute atomic E-state index is 0.0192. The molecule has 0 unspecified atom stereocenters. The third-order valence-corrected chi connectivity index (χ3v) is 2.56. The summed E-state index contributed by atoms with van der Waals surface area (Å²) in [7, 11) is 0. The lowest BCUT2D eigenvalue weighted by Crippen LogP contribution is -2.46. The third-order valence-electron chi connectivity index (χ3n) is 2.56. The molecular formula is C10H18N2O4. The maximum absolute atomic E-state index is 11.3. The second kappa shape index (κ2) is 6.32. The smallest absolute Gasteiger partial charge is 0.326 e. The molecule has 0 aromatic heterocycles. The highest BCUT2D eigenvalue weighted by Gasteiger charge is 2.22. The van der Waals surface area contributed by atoms with Gasteiger partial charge in [-0.1, -0.05) is 12.8 Å². The van der Waals surface area contributed by atoms with Gasteiger partial charge in [0.05, 0.1) is 0 Å². The fraction of sp³-hybridized carbons (Fsp3) is 0.800. The van der Waals surface area contributed by atoms with Crippen LogP contribution >= 0.6 is 0 Å². The van der Waals surface area contributed by atoms with Gasteiger partial charge in [0.15, 0.2) is 0 Å². The first-order valence-corrected chi connectivity index (χ1v) is 5.51. The molecule has 6 heteroatoms. The van der Waals surface area contributed by atoms with Gasteiger partial charge in [0, 0.05) is 19.6 Å². The zero-order valence-electron chi connectivity index (χ0n) is 9.11. The number of carbonyl (C=O) groups excluding carboxylic acids is 1. The molecule has 0 heterocycles. The normalized spacial score (nSPS) is 16.6. The summed E-state index contributed by atoms with van der Waals surface area (Å²) >= 11 is 0. The van der Waals surface area contributed by atoms with Crippen molar-refractivity contribution < 1.29 is 19.8 Å². The number of aliphatic hydroxyl groups excluding tert-OH is 1. The first-order valence-electron chi connectivity index (χ1n) is 5.51. The maximum atomic E-state index is 11.3. The van der Waals surface area contributed by atoms with Crippen LogP contribution in [0.5, 0.6) is 0 Å². The van der Waals surface area contributed by atoms with Crippen LogP contribution in [0.15, 0.2) is 0 Å². The van der Waals surface area contributed by atoms with Gasteiger partial charge in [-0.25, -0.2) is 9.59 Å². The molecule has 1 atom stereocenters. The fourth-order valence-corrected chi connectivity index (χ4v) is 1.39. The monoisotopic (exact) mass is 230 g/mol. The van der Waals surface area contributed by atoms with Crippen molar-refractivity contribution in [3.8, 4) is 0 Å². The molecule has 0 aliphatic heterocycles. The summed E-state index contributed by atoms with van der Waals surface area (Å²) < 4.78 is 0. The van der Waals surface area contributed by atoms with E-state index in [1.807, 2.05) is 0 Å². The molecule has 1 fully saturated rings. The second-order valence-electron chi connectivity index (χ2n) is 4.04. The van der Waals surface area contributed by atoms with E-state index in [1.165, 1.54) is 12.8 Å². The third kappa shape index (κ3) is 4.97. The molecule has 1 aliphatic rings. The fourth-order valence-electron chi connectivity index (χ4n) is 1.39. The van der Waals surface area contributed by atoms with Crippen molar-refractivity contribution in [2.45, 2.75) is 31.7 Å². The first-order chi connectivity index (χ1) is 7.63. The Morgan fingerprint density at radius 2 is 2.06 bits per heavy atom. The zero-order valence-corrected chi connectivity index (χ0v) is 9.11. The van der Waals surface area contributed by atoms with E-state index in [1.54, 1.807) is 0 Å². The summed E-state index contributed by atoms with van der Waals surface area (Å²) in [4.78, 5) is 21.9. The van der Waals surface area contributed by atoms with Crippen molar-refractivity contribution in [2.24, 2.45) is 5.92 Å². The zero-order chi connectivity index (χ0) is 12.0.